The first-order valence-corrected chi connectivity index (χ1v) is 14.9. The molecule has 0 spiro atoms. The number of Topliss-reactive ketones (excluding diaryl/α,β-unsaturated/α-hetero) is 1. The maximum absolute atomic E-state index is 14.1. The second-order valence-electron chi connectivity index (χ2n) is 11.7. The normalized spacial score (nSPS) is 26.4. The van der Waals surface area contributed by atoms with E-state index in [-0.39, 0.29) is 50.0 Å². The van der Waals surface area contributed by atoms with Gasteiger partial charge in [0.1, 0.15) is 0 Å². The van der Waals surface area contributed by atoms with Crippen molar-refractivity contribution in [2.24, 2.45) is 11.1 Å². The summed E-state index contributed by atoms with van der Waals surface area (Å²) in [6.07, 6.45) is 8.48. The number of carbonyl (C=O) groups excluding carboxylic acids is 2. The van der Waals surface area contributed by atoms with Crippen LogP contribution in [0.1, 0.15) is 69.8 Å². The summed E-state index contributed by atoms with van der Waals surface area (Å²) >= 11 is 0. The van der Waals surface area contributed by atoms with Crippen molar-refractivity contribution in [3.05, 3.63) is 23.8 Å². The van der Waals surface area contributed by atoms with Gasteiger partial charge in [0.05, 0.1) is 44.5 Å². The predicted octanol–water partition coefficient (Wildman–Crippen LogP) is 2.53. The number of aliphatic hydroxyl groups excluding tert-OH is 2. The van der Waals surface area contributed by atoms with E-state index in [4.69, 9.17) is 14.3 Å². The lowest BCUT2D eigenvalue weighted by molar-refractivity contribution is -0.168. The molecular formula is C30H43N3O7. The topological polar surface area (TPSA) is 121 Å². The number of carbonyl (C=O) groups is 2. The number of hydrogen-bond donors (Lipinski definition) is 2. The standard InChI is InChI=1S/C30H43N3O7/c1-38-26-10-9-22(16-27(26)39-24-7-2-3-8-24)25-17-30(40-31-25,29(37)33-13-5-4-6-23(33)20-35)28(36)18-32-14-11-21(19-34)12-15-32/h9-10,16,21,23-24,34-35H,2-8,11-15,17-20H2,1H3. The number of oxime groups is 1. The first-order valence-electron chi connectivity index (χ1n) is 14.9. The highest BCUT2D eigenvalue weighted by molar-refractivity contribution is 6.17. The molecule has 40 heavy (non-hydrogen) atoms. The third-order valence-corrected chi connectivity index (χ3v) is 9.05. The summed E-state index contributed by atoms with van der Waals surface area (Å²) in [5.41, 5.74) is -0.546. The number of ketones is 1. The molecule has 10 nitrogen and oxygen atoms in total. The summed E-state index contributed by atoms with van der Waals surface area (Å²) < 4.78 is 11.8. The lowest BCUT2D eigenvalue weighted by atomic mass is 9.86. The van der Waals surface area contributed by atoms with Crippen molar-refractivity contribution in [3.8, 4) is 11.5 Å². The van der Waals surface area contributed by atoms with Gasteiger partial charge in [-0.3, -0.25) is 14.5 Å². The predicted molar refractivity (Wildman–Crippen MR) is 149 cm³/mol. The third-order valence-electron chi connectivity index (χ3n) is 9.05. The number of nitrogens with zero attached hydrogens (tertiary/aromatic N) is 3. The molecule has 4 aliphatic rings. The van der Waals surface area contributed by atoms with Crippen LogP contribution in [0.15, 0.2) is 23.4 Å². The van der Waals surface area contributed by atoms with Crippen molar-refractivity contribution in [3.63, 3.8) is 0 Å². The molecule has 10 heteroatoms. The highest BCUT2D eigenvalue weighted by atomic mass is 16.7. The van der Waals surface area contributed by atoms with Crippen molar-refractivity contribution < 1.29 is 34.1 Å². The number of ether oxygens (including phenoxy) is 2. The third kappa shape index (κ3) is 5.99. The smallest absolute Gasteiger partial charge is 0.279 e. The van der Waals surface area contributed by atoms with Crippen LogP contribution in [-0.4, -0.2) is 102 Å². The lowest BCUT2D eigenvalue weighted by Gasteiger charge is -2.39. The van der Waals surface area contributed by atoms with Crippen LogP contribution in [-0.2, 0) is 14.4 Å². The largest absolute Gasteiger partial charge is 0.493 e. The van der Waals surface area contributed by atoms with Crippen molar-refractivity contribution in [1.29, 1.82) is 0 Å². The van der Waals surface area contributed by atoms with Gasteiger partial charge >= 0.3 is 0 Å². The van der Waals surface area contributed by atoms with Gasteiger partial charge in [0.2, 0.25) is 5.78 Å². The maximum atomic E-state index is 14.1. The first-order chi connectivity index (χ1) is 19.5. The van der Waals surface area contributed by atoms with E-state index in [9.17, 15) is 19.8 Å². The molecule has 2 unspecified atom stereocenters. The molecule has 0 radical (unpaired) electrons. The summed E-state index contributed by atoms with van der Waals surface area (Å²) in [5.74, 6) is 0.744. The Hall–Kier alpha value is -2.69. The second-order valence-corrected chi connectivity index (χ2v) is 11.7. The minimum Gasteiger partial charge on any atom is -0.493 e. The minimum atomic E-state index is -1.78. The first kappa shape index (κ1) is 28.8. The number of methoxy groups -OCH3 is 1. The molecule has 220 valence electrons. The monoisotopic (exact) mass is 557 g/mol. The van der Waals surface area contributed by atoms with Gasteiger partial charge in [-0.25, -0.2) is 0 Å². The zero-order valence-electron chi connectivity index (χ0n) is 23.6. The Morgan fingerprint density at radius 1 is 1.00 bits per heavy atom. The Labute approximate surface area is 236 Å². The molecule has 0 bridgehead atoms. The average molecular weight is 558 g/mol. The van der Waals surface area contributed by atoms with Gasteiger partial charge < -0.3 is 29.4 Å². The summed E-state index contributed by atoms with van der Waals surface area (Å²) in [6.45, 7) is 1.90. The summed E-state index contributed by atoms with van der Waals surface area (Å²) in [6, 6.07) is 5.20. The van der Waals surface area contributed by atoms with Crippen LogP contribution in [0.2, 0.25) is 0 Å². The Bertz CT molecular complexity index is 1080. The van der Waals surface area contributed by atoms with Crippen LogP contribution < -0.4 is 9.47 Å². The van der Waals surface area contributed by atoms with E-state index in [1.807, 2.05) is 23.1 Å². The van der Waals surface area contributed by atoms with Crippen molar-refractivity contribution in [2.75, 3.05) is 46.5 Å². The minimum absolute atomic E-state index is 0.0155. The van der Waals surface area contributed by atoms with Gasteiger partial charge in [0.15, 0.2) is 11.5 Å². The van der Waals surface area contributed by atoms with Crippen molar-refractivity contribution >= 4 is 17.4 Å². The number of likely N-dealkylation sites (tertiary alicyclic amines) is 2. The molecule has 1 aromatic rings. The molecule has 2 N–H and O–H groups in total. The van der Waals surface area contributed by atoms with Gasteiger partial charge in [-0.15, -0.1) is 0 Å². The van der Waals surface area contributed by atoms with Gasteiger partial charge in [-0.05, 0) is 95.0 Å². The van der Waals surface area contributed by atoms with Crippen LogP contribution in [0.3, 0.4) is 0 Å². The Balaban J connectivity index is 1.39. The van der Waals surface area contributed by atoms with E-state index < -0.39 is 11.5 Å². The Morgan fingerprint density at radius 2 is 1.75 bits per heavy atom. The fourth-order valence-electron chi connectivity index (χ4n) is 6.45. The SMILES string of the molecule is COc1ccc(C2=NOC(C(=O)CN3CCC(CO)CC3)(C(=O)N3CCCCC3CO)C2)cc1OC1CCCC1. The van der Waals surface area contributed by atoms with Gasteiger partial charge in [0, 0.05) is 18.7 Å². The van der Waals surface area contributed by atoms with Gasteiger partial charge in [-0.2, -0.15) is 0 Å². The number of aliphatic hydroxyl groups is 2. The zero-order valence-corrected chi connectivity index (χ0v) is 23.6. The van der Waals surface area contributed by atoms with Crippen LogP contribution in [0.4, 0.5) is 0 Å². The summed E-state index contributed by atoms with van der Waals surface area (Å²) in [5, 5.41) is 23.8. The molecule has 2 saturated heterocycles. The summed E-state index contributed by atoms with van der Waals surface area (Å²) in [7, 11) is 1.61. The molecule has 2 atom stereocenters. The van der Waals surface area contributed by atoms with E-state index in [2.05, 4.69) is 5.16 Å². The Morgan fingerprint density at radius 3 is 2.45 bits per heavy atom. The molecule has 3 aliphatic heterocycles. The number of hydrogen-bond acceptors (Lipinski definition) is 9. The molecular weight excluding hydrogens is 514 g/mol. The van der Waals surface area contributed by atoms with Crippen LogP contribution >= 0.6 is 0 Å². The van der Waals surface area contributed by atoms with E-state index in [1.165, 1.54) is 0 Å². The van der Waals surface area contributed by atoms with E-state index >= 15 is 0 Å². The van der Waals surface area contributed by atoms with E-state index in [0.717, 1.165) is 56.9 Å². The molecule has 1 aliphatic carbocycles. The average Bonchev–Trinajstić information content (AvgIpc) is 3.68. The van der Waals surface area contributed by atoms with E-state index in [1.54, 1.807) is 12.0 Å². The molecule has 1 amide bonds. The Kier molecular flexibility index (Phi) is 9.27. The fraction of sp³-hybridized carbons (Fsp3) is 0.700. The molecule has 5 rings (SSSR count). The lowest BCUT2D eigenvalue weighted by Crippen LogP contribution is -2.60. The highest BCUT2D eigenvalue weighted by Crippen LogP contribution is 2.37. The van der Waals surface area contributed by atoms with Crippen LogP contribution in [0, 0.1) is 5.92 Å². The number of amides is 1. The van der Waals surface area contributed by atoms with Gasteiger partial charge in [0.25, 0.3) is 11.5 Å². The quantitative estimate of drug-likeness (QED) is 0.421. The molecule has 1 saturated carbocycles. The maximum Gasteiger partial charge on any atom is 0.279 e. The van der Waals surface area contributed by atoms with Crippen molar-refractivity contribution in [2.45, 2.75) is 82.0 Å². The fourth-order valence-corrected chi connectivity index (χ4v) is 6.45. The summed E-state index contributed by atoms with van der Waals surface area (Å²) in [4.78, 5) is 37.7. The number of piperidine rings is 2. The van der Waals surface area contributed by atoms with E-state index in [0.29, 0.717) is 43.3 Å². The zero-order chi connectivity index (χ0) is 28.1. The van der Waals surface area contributed by atoms with Crippen LogP contribution in [0.25, 0.3) is 0 Å². The molecule has 3 fully saturated rings. The molecule has 1 aromatic carbocycles. The van der Waals surface area contributed by atoms with Gasteiger partial charge in [-0.1, -0.05) is 5.16 Å². The number of benzene rings is 1. The highest BCUT2D eigenvalue weighted by Gasteiger charge is 2.56. The molecule has 3 heterocycles. The van der Waals surface area contributed by atoms with Crippen LogP contribution in [0.5, 0.6) is 11.5 Å². The molecule has 0 aromatic heterocycles. The van der Waals surface area contributed by atoms with Crippen molar-refractivity contribution in [1.82, 2.24) is 9.80 Å². The second kappa shape index (κ2) is 12.9. The number of rotatable bonds is 10.